The van der Waals surface area contributed by atoms with Crippen LogP contribution in [-0.4, -0.2) is 71.7 Å². The first kappa shape index (κ1) is 18.9. The summed E-state index contributed by atoms with van der Waals surface area (Å²) in [6.07, 6.45) is 0. The normalized spacial score (nSPS) is 13.8. The molecule has 0 saturated carbocycles. The van der Waals surface area contributed by atoms with Crippen molar-refractivity contribution in [2.24, 2.45) is 15.4 Å². The molecule has 0 fully saturated rings. The Balaban J connectivity index is 1.60. The van der Waals surface area contributed by atoms with E-state index >= 15 is 0 Å². The predicted molar refractivity (Wildman–Crippen MR) is 112 cm³/mol. The van der Waals surface area contributed by atoms with E-state index in [0.29, 0.717) is 32.7 Å². The first-order valence-corrected chi connectivity index (χ1v) is 10.1. The van der Waals surface area contributed by atoms with E-state index in [1.807, 2.05) is 17.0 Å². The van der Waals surface area contributed by atoms with Gasteiger partial charge in [-0.3, -0.25) is 4.90 Å². The number of aliphatic hydroxyl groups excluding tert-OH is 2. The molecule has 0 spiro atoms. The van der Waals surface area contributed by atoms with Gasteiger partial charge in [0.2, 0.25) is 0 Å². The Hall–Kier alpha value is -2.46. The third kappa shape index (κ3) is 3.88. The molecule has 9 heteroatoms. The monoisotopic (exact) mass is 398 g/mol. The number of pyridine rings is 1. The largest absolute Gasteiger partial charge is 0.395 e. The van der Waals surface area contributed by atoms with Gasteiger partial charge in [-0.2, -0.15) is 5.11 Å². The Morgan fingerprint density at radius 1 is 1.07 bits per heavy atom. The molecule has 0 aliphatic carbocycles. The highest BCUT2D eigenvalue weighted by Gasteiger charge is 2.13. The molecule has 4 rings (SSSR count). The number of nitrogens with zero attached hydrogens (tertiary/aromatic N) is 5. The van der Waals surface area contributed by atoms with Crippen LogP contribution in [0.25, 0.3) is 21.0 Å². The quantitative estimate of drug-likeness (QED) is 0.513. The highest BCUT2D eigenvalue weighted by molar-refractivity contribution is 7.18. The zero-order chi connectivity index (χ0) is 19.3. The second-order valence-electron chi connectivity index (χ2n) is 6.51. The van der Waals surface area contributed by atoms with Crippen molar-refractivity contribution in [2.45, 2.75) is 0 Å². The van der Waals surface area contributed by atoms with Crippen LogP contribution in [0.5, 0.6) is 0 Å². The molecule has 0 unspecified atom stereocenters. The third-order valence-corrected chi connectivity index (χ3v) is 5.68. The number of thiophene rings is 1. The summed E-state index contributed by atoms with van der Waals surface area (Å²) in [5.74, 6) is 0.844. The van der Waals surface area contributed by atoms with Gasteiger partial charge in [-0.1, -0.05) is 12.1 Å². The number of benzene rings is 1. The van der Waals surface area contributed by atoms with Crippen LogP contribution in [-0.2, 0) is 0 Å². The predicted octanol–water partition coefficient (Wildman–Crippen LogP) is 2.32. The van der Waals surface area contributed by atoms with Gasteiger partial charge in [0.25, 0.3) is 0 Å². The Labute approximate surface area is 166 Å². The fourth-order valence-corrected chi connectivity index (χ4v) is 4.26. The van der Waals surface area contributed by atoms with Crippen molar-refractivity contribution in [3.63, 3.8) is 0 Å². The van der Waals surface area contributed by atoms with Crippen LogP contribution in [0, 0.1) is 0 Å². The molecule has 0 atom stereocenters. The fraction of sp³-hybridized carbons (Fsp3) is 0.368. The highest BCUT2D eigenvalue weighted by Crippen LogP contribution is 2.34. The van der Waals surface area contributed by atoms with Gasteiger partial charge in [0.15, 0.2) is 0 Å². The standard InChI is InChI=1S/C19H22N6O2S/c26-8-6-25(7-9-27)5-4-20-19-15-3-10-28-18(15)14-2-1-13(11-16(14)22-19)17-12-21-24-23-17/h1-3,10-11,26-27H,4-9,12H2,(H,20,22). The number of fused-ring (bicyclic) bond motifs is 3. The summed E-state index contributed by atoms with van der Waals surface area (Å²) in [6.45, 7) is 3.14. The van der Waals surface area contributed by atoms with Gasteiger partial charge in [0.05, 0.1) is 24.4 Å². The maximum Gasteiger partial charge on any atom is 0.135 e. The van der Waals surface area contributed by atoms with Crippen LogP contribution < -0.4 is 5.32 Å². The summed E-state index contributed by atoms with van der Waals surface area (Å²) in [6, 6.07) is 8.26. The van der Waals surface area contributed by atoms with Crippen LogP contribution in [0.4, 0.5) is 5.82 Å². The van der Waals surface area contributed by atoms with Gasteiger partial charge in [-0.05, 0) is 22.7 Å². The average Bonchev–Trinajstić information content (AvgIpc) is 3.40. The minimum atomic E-state index is 0.0776. The number of aromatic nitrogens is 1. The van der Waals surface area contributed by atoms with E-state index in [1.165, 1.54) is 4.70 Å². The molecule has 0 amide bonds. The molecule has 3 N–H and O–H groups in total. The van der Waals surface area contributed by atoms with Gasteiger partial charge >= 0.3 is 0 Å². The summed E-state index contributed by atoms with van der Waals surface area (Å²) in [5.41, 5.74) is 2.75. The van der Waals surface area contributed by atoms with E-state index in [2.05, 4.69) is 38.3 Å². The van der Waals surface area contributed by atoms with Crippen molar-refractivity contribution in [1.29, 1.82) is 0 Å². The van der Waals surface area contributed by atoms with Gasteiger partial charge in [0, 0.05) is 47.2 Å². The molecule has 3 aromatic rings. The average molecular weight is 398 g/mol. The first-order valence-electron chi connectivity index (χ1n) is 9.23. The summed E-state index contributed by atoms with van der Waals surface area (Å²) in [7, 11) is 0. The molecule has 28 heavy (non-hydrogen) atoms. The molecule has 3 heterocycles. The minimum absolute atomic E-state index is 0.0776. The van der Waals surface area contributed by atoms with E-state index < -0.39 is 0 Å². The molecule has 0 bridgehead atoms. The molecule has 146 valence electrons. The molecule has 0 radical (unpaired) electrons. The number of hydrogen-bond donors (Lipinski definition) is 3. The van der Waals surface area contributed by atoms with Crippen LogP contribution in [0.3, 0.4) is 0 Å². The van der Waals surface area contributed by atoms with Crippen molar-refractivity contribution in [2.75, 3.05) is 51.3 Å². The van der Waals surface area contributed by atoms with Crippen LogP contribution in [0.2, 0.25) is 0 Å². The molecular weight excluding hydrogens is 376 g/mol. The van der Waals surface area contributed by atoms with Crippen molar-refractivity contribution < 1.29 is 10.2 Å². The Morgan fingerprint density at radius 2 is 1.93 bits per heavy atom. The lowest BCUT2D eigenvalue weighted by atomic mass is 10.1. The molecular formula is C19H22N6O2S. The third-order valence-electron chi connectivity index (χ3n) is 4.73. The Bertz CT molecular complexity index is 1030. The van der Waals surface area contributed by atoms with Crippen molar-refractivity contribution in [1.82, 2.24) is 9.88 Å². The Kier molecular flexibility index (Phi) is 5.87. The Morgan fingerprint density at radius 3 is 2.68 bits per heavy atom. The maximum absolute atomic E-state index is 9.15. The van der Waals surface area contributed by atoms with Gasteiger partial charge in [0.1, 0.15) is 12.4 Å². The molecule has 1 aliphatic rings. The fourth-order valence-electron chi connectivity index (χ4n) is 3.33. The molecule has 1 aliphatic heterocycles. The SMILES string of the molecule is OCCN(CCO)CCNc1nc2cc(C3=NN=NC3)ccc2c2sccc12. The lowest BCUT2D eigenvalue weighted by molar-refractivity contribution is 0.165. The van der Waals surface area contributed by atoms with E-state index in [1.54, 1.807) is 11.3 Å². The number of aliphatic hydroxyl groups is 2. The van der Waals surface area contributed by atoms with Crippen LogP contribution in [0.1, 0.15) is 5.56 Å². The number of anilines is 1. The lowest BCUT2D eigenvalue weighted by Gasteiger charge is -2.20. The number of rotatable bonds is 9. The molecule has 8 nitrogen and oxygen atoms in total. The van der Waals surface area contributed by atoms with Crippen molar-refractivity contribution >= 4 is 43.9 Å². The number of nitrogens with one attached hydrogen (secondary N) is 1. The van der Waals surface area contributed by atoms with Crippen molar-refractivity contribution in [3.05, 3.63) is 35.2 Å². The summed E-state index contributed by atoms with van der Waals surface area (Å²) >= 11 is 1.70. The highest BCUT2D eigenvalue weighted by atomic mass is 32.1. The van der Waals surface area contributed by atoms with E-state index in [9.17, 15) is 0 Å². The number of hydrogen-bond acceptors (Lipinski definition) is 9. The molecule has 2 aromatic heterocycles. The summed E-state index contributed by atoms with van der Waals surface area (Å²) in [4.78, 5) is 6.87. The summed E-state index contributed by atoms with van der Waals surface area (Å²) in [5, 5.41) is 37.7. The second-order valence-corrected chi connectivity index (χ2v) is 7.42. The van der Waals surface area contributed by atoms with Crippen molar-refractivity contribution in [3.8, 4) is 0 Å². The van der Waals surface area contributed by atoms with Gasteiger partial charge < -0.3 is 15.5 Å². The van der Waals surface area contributed by atoms with Gasteiger partial charge in [-0.15, -0.1) is 16.4 Å². The molecule has 0 saturated heterocycles. The summed E-state index contributed by atoms with van der Waals surface area (Å²) < 4.78 is 1.20. The van der Waals surface area contributed by atoms with Gasteiger partial charge in [-0.25, -0.2) is 4.98 Å². The smallest absolute Gasteiger partial charge is 0.135 e. The lowest BCUT2D eigenvalue weighted by Crippen LogP contribution is -2.34. The van der Waals surface area contributed by atoms with E-state index in [-0.39, 0.29) is 13.2 Å². The zero-order valence-corrected chi connectivity index (χ0v) is 16.2. The van der Waals surface area contributed by atoms with Crippen LogP contribution >= 0.6 is 11.3 Å². The first-order chi connectivity index (χ1) is 13.8. The van der Waals surface area contributed by atoms with E-state index in [4.69, 9.17) is 15.2 Å². The maximum atomic E-state index is 9.15. The minimum Gasteiger partial charge on any atom is -0.395 e. The second kappa shape index (κ2) is 8.70. The zero-order valence-electron chi connectivity index (χ0n) is 15.4. The topological polar surface area (TPSA) is 106 Å². The van der Waals surface area contributed by atoms with Crippen LogP contribution in [0.15, 0.2) is 45.1 Å². The molecule has 1 aromatic carbocycles. The van der Waals surface area contributed by atoms with E-state index in [0.717, 1.165) is 33.4 Å².